The Bertz CT molecular complexity index is 765. The van der Waals surface area contributed by atoms with Crippen LogP contribution in [0.1, 0.15) is 10.4 Å². The molecule has 1 amide bonds. The third-order valence-corrected chi connectivity index (χ3v) is 3.50. The second-order valence-electron chi connectivity index (χ2n) is 4.22. The van der Waals surface area contributed by atoms with Crippen LogP contribution in [0.4, 0.5) is 5.95 Å². The van der Waals surface area contributed by atoms with Gasteiger partial charge in [0.2, 0.25) is 5.95 Å². The molecule has 0 aliphatic carbocycles. The highest BCUT2D eigenvalue weighted by Gasteiger charge is 2.13. The standard InChI is InChI=1S/C14H10IN3O2/c15-8-5-6-12(19)9(7-8)13(20)18-14-16-10-3-1-2-4-11(10)17-14/h1-7,19H,(H2,16,17,18,20). The minimum Gasteiger partial charge on any atom is -0.507 e. The van der Waals surface area contributed by atoms with Gasteiger partial charge in [-0.1, -0.05) is 12.1 Å². The van der Waals surface area contributed by atoms with E-state index in [1.807, 2.05) is 24.3 Å². The molecule has 0 fully saturated rings. The molecule has 0 unspecified atom stereocenters. The molecule has 0 saturated carbocycles. The molecule has 0 radical (unpaired) electrons. The van der Waals surface area contributed by atoms with Gasteiger partial charge in [0.25, 0.3) is 5.91 Å². The first-order valence-electron chi connectivity index (χ1n) is 5.88. The second kappa shape index (κ2) is 5.12. The Hall–Kier alpha value is -2.09. The van der Waals surface area contributed by atoms with Crippen molar-refractivity contribution < 1.29 is 9.90 Å². The van der Waals surface area contributed by atoms with Gasteiger partial charge in [-0.15, -0.1) is 0 Å². The quantitative estimate of drug-likeness (QED) is 0.599. The van der Waals surface area contributed by atoms with Gasteiger partial charge in [-0.3, -0.25) is 10.1 Å². The molecule has 2 aromatic carbocycles. The van der Waals surface area contributed by atoms with Crippen LogP contribution in [0.3, 0.4) is 0 Å². The summed E-state index contributed by atoms with van der Waals surface area (Å²) < 4.78 is 0.871. The maximum Gasteiger partial charge on any atom is 0.261 e. The van der Waals surface area contributed by atoms with Gasteiger partial charge < -0.3 is 10.1 Å². The Morgan fingerprint density at radius 2 is 2.05 bits per heavy atom. The molecular weight excluding hydrogens is 369 g/mol. The van der Waals surface area contributed by atoms with E-state index in [9.17, 15) is 9.90 Å². The Morgan fingerprint density at radius 3 is 2.85 bits per heavy atom. The third kappa shape index (κ3) is 2.46. The molecule has 20 heavy (non-hydrogen) atoms. The molecule has 0 spiro atoms. The summed E-state index contributed by atoms with van der Waals surface area (Å²) in [5.41, 5.74) is 1.83. The zero-order chi connectivity index (χ0) is 14.1. The van der Waals surface area contributed by atoms with E-state index < -0.39 is 5.91 Å². The number of nitrogens with one attached hydrogen (secondary N) is 2. The number of benzene rings is 2. The van der Waals surface area contributed by atoms with Crippen LogP contribution in [0, 0.1) is 3.57 Å². The molecule has 3 rings (SSSR count). The SMILES string of the molecule is O=C(Nc1nc2ccccc2[nH]1)c1cc(I)ccc1O. The first-order valence-corrected chi connectivity index (χ1v) is 6.96. The van der Waals surface area contributed by atoms with Crippen molar-refractivity contribution in [1.82, 2.24) is 9.97 Å². The molecule has 1 heterocycles. The molecule has 3 N–H and O–H groups in total. The molecule has 1 aromatic heterocycles. The Morgan fingerprint density at radius 1 is 1.25 bits per heavy atom. The van der Waals surface area contributed by atoms with Crippen LogP contribution in [-0.4, -0.2) is 21.0 Å². The van der Waals surface area contributed by atoms with E-state index in [-0.39, 0.29) is 11.3 Å². The van der Waals surface area contributed by atoms with E-state index >= 15 is 0 Å². The molecule has 0 saturated heterocycles. The number of H-pyrrole nitrogens is 1. The van der Waals surface area contributed by atoms with Crippen molar-refractivity contribution in [3.05, 3.63) is 51.6 Å². The topological polar surface area (TPSA) is 78.0 Å². The summed E-state index contributed by atoms with van der Waals surface area (Å²) in [5, 5.41) is 12.4. The predicted octanol–water partition coefficient (Wildman–Crippen LogP) is 3.13. The number of phenolic OH excluding ortho intramolecular Hbond substituents is 1. The highest BCUT2D eigenvalue weighted by Crippen LogP contribution is 2.21. The Labute approximate surface area is 128 Å². The van der Waals surface area contributed by atoms with E-state index in [4.69, 9.17) is 0 Å². The van der Waals surface area contributed by atoms with E-state index in [2.05, 4.69) is 37.9 Å². The zero-order valence-electron chi connectivity index (χ0n) is 10.2. The summed E-state index contributed by atoms with van der Waals surface area (Å²) in [4.78, 5) is 19.4. The smallest absolute Gasteiger partial charge is 0.261 e. The van der Waals surface area contributed by atoms with Crippen molar-refractivity contribution in [3.63, 3.8) is 0 Å². The van der Waals surface area contributed by atoms with Gasteiger partial charge >= 0.3 is 0 Å². The maximum atomic E-state index is 12.1. The molecular formula is C14H10IN3O2. The van der Waals surface area contributed by atoms with Crippen LogP contribution < -0.4 is 5.32 Å². The lowest BCUT2D eigenvalue weighted by molar-refractivity contribution is 0.102. The average Bonchev–Trinajstić information content (AvgIpc) is 2.83. The van der Waals surface area contributed by atoms with Gasteiger partial charge in [-0.2, -0.15) is 0 Å². The van der Waals surface area contributed by atoms with E-state index in [0.29, 0.717) is 5.95 Å². The number of imidazole rings is 1. The van der Waals surface area contributed by atoms with E-state index in [0.717, 1.165) is 14.6 Å². The number of aromatic nitrogens is 2. The van der Waals surface area contributed by atoms with Gasteiger partial charge in [0, 0.05) is 3.57 Å². The lowest BCUT2D eigenvalue weighted by Crippen LogP contribution is -2.13. The van der Waals surface area contributed by atoms with Gasteiger partial charge in [-0.25, -0.2) is 4.98 Å². The largest absolute Gasteiger partial charge is 0.507 e. The van der Waals surface area contributed by atoms with Crippen LogP contribution >= 0.6 is 22.6 Å². The van der Waals surface area contributed by atoms with E-state index in [1.54, 1.807) is 12.1 Å². The second-order valence-corrected chi connectivity index (χ2v) is 5.46. The minimum atomic E-state index is -0.403. The maximum absolute atomic E-state index is 12.1. The monoisotopic (exact) mass is 379 g/mol. The fourth-order valence-electron chi connectivity index (χ4n) is 1.88. The van der Waals surface area contributed by atoms with Crippen LogP contribution in [0.5, 0.6) is 5.75 Å². The normalized spacial score (nSPS) is 10.7. The van der Waals surface area contributed by atoms with Crippen molar-refractivity contribution in [2.75, 3.05) is 5.32 Å². The average molecular weight is 379 g/mol. The van der Waals surface area contributed by atoms with Crippen molar-refractivity contribution in [1.29, 1.82) is 0 Å². The molecule has 0 aliphatic heterocycles. The molecule has 100 valence electrons. The minimum absolute atomic E-state index is 0.0565. The zero-order valence-corrected chi connectivity index (χ0v) is 12.4. The molecule has 6 heteroatoms. The highest BCUT2D eigenvalue weighted by atomic mass is 127. The molecule has 0 bridgehead atoms. The number of para-hydroxylation sites is 2. The number of phenols is 1. The summed E-state index contributed by atoms with van der Waals surface area (Å²) in [5.74, 6) is -0.103. The molecule has 3 aromatic rings. The summed E-state index contributed by atoms with van der Waals surface area (Å²) in [7, 11) is 0. The first kappa shape index (κ1) is 12.9. The third-order valence-electron chi connectivity index (χ3n) is 2.82. The molecule has 0 aliphatic rings. The summed E-state index contributed by atoms with van der Waals surface area (Å²) in [6.07, 6.45) is 0. The van der Waals surface area contributed by atoms with Crippen molar-refractivity contribution in [2.45, 2.75) is 0 Å². The highest BCUT2D eigenvalue weighted by molar-refractivity contribution is 14.1. The van der Waals surface area contributed by atoms with Crippen LogP contribution in [-0.2, 0) is 0 Å². The summed E-state index contributed by atoms with van der Waals surface area (Å²) in [6, 6.07) is 12.3. The van der Waals surface area contributed by atoms with Gasteiger partial charge in [0.1, 0.15) is 5.75 Å². The number of anilines is 1. The predicted molar refractivity (Wildman–Crippen MR) is 84.9 cm³/mol. The number of carbonyl (C=O) groups is 1. The van der Waals surface area contributed by atoms with Crippen LogP contribution in [0.2, 0.25) is 0 Å². The number of amides is 1. The summed E-state index contributed by atoms with van der Waals surface area (Å²) >= 11 is 2.08. The Kier molecular flexibility index (Phi) is 3.31. The number of halogens is 1. The fraction of sp³-hybridized carbons (Fsp3) is 0. The van der Waals surface area contributed by atoms with Gasteiger partial charge in [0.05, 0.1) is 16.6 Å². The van der Waals surface area contributed by atoms with Crippen molar-refractivity contribution >= 4 is 45.5 Å². The van der Waals surface area contributed by atoms with Gasteiger partial charge in [0.15, 0.2) is 0 Å². The van der Waals surface area contributed by atoms with Crippen LogP contribution in [0.15, 0.2) is 42.5 Å². The summed E-state index contributed by atoms with van der Waals surface area (Å²) in [6.45, 7) is 0. The number of rotatable bonds is 2. The van der Waals surface area contributed by atoms with Crippen molar-refractivity contribution in [2.24, 2.45) is 0 Å². The van der Waals surface area contributed by atoms with Gasteiger partial charge in [-0.05, 0) is 52.9 Å². The number of aromatic amines is 1. The number of carbonyl (C=O) groups excluding carboxylic acids is 1. The number of aromatic hydroxyl groups is 1. The lowest BCUT2D eigenvalue weighted by atomic mass is 10.2. The van der Waals surface area contributed by atoms with Crippen LogP contribution in [0.25, 0.3) is 11.0 Å². The van der Waals surface area contributed by atoms with Crippen molar-refractivity contribution in [3.8, 4) is 5.75 Å². The number of nitrogens with zero attached hydrogens (tertiary/aromatic N) is 1. The number of hydrogen-bond donors (Lipinski definition) is 3. The number of fused-ring (bicyclic) bond motifs is 1. The first-order chi connectivity index (χ1) is 9.63. The Balaban J connectivity index is 1.90. The fourth-order valence-corrected chi connectivity index (χ4v) is 2.37. The number of hydrogen-bond acceptors (Lipinski definition) is 3. The molecule has 0 atom stereocenters. The van der Waals surface area contributed by atoms with E-state index in [1.165, 1.54) is 6.07 Å². The lowest BCUT2D eigenvalue weighted by Gasteiger charge is -2.04. The molecule has 5 nitrogen and oxygen atoms in total.